The summed E-state index contributed by atoms with van der Waals surface area (Å²) >= 11 is 0. The number of hydrogen-bond acceptors (Lipinski definition) is 4. The van der Waals surface area contributed by atoms with Gasteiger partial charge in [-0.05, 0) is 20.3 Å². The minimum Gasteiger partial charge on any atom is -0.370 e. The summed E-state index contributed by atoms with van der Waals surface area (Å²) in [5.41, 5.74) is 1.76. The van der Waals surface area contributed by atoms with Gasteiger partial charge in [-0.3, -0.25) is 0 Å². The van der Waals surface area contributed by atoms with Crippen LogP contribution in [-0.4, -0.2) is 26.1 Å². The molecule has 0 aliphatic rings. The first-order valence-corrected chi connectivity index (χ1v) is 6.34. The molecule has 0 atom stereocenters. The Morgan fingerprint density at radius 2 is 2.06 bits per heavy atom. The van der Waals surface area contributed by atoms with E-state index in [-0.39, 0.29) is 0 Å². The van der Waals surface area contributed by atoms with E-state index in [0.29, 0.717) is 0 Å². The van der Waals surface area contributed by atoms with Gasteiger partial charge in [0.25, 0.3) is 0 Å². The maximum Gasteiger partial charge on any atom is 0.130 e. The normalized spacial score (nSPS) is 10.6. The summed E-state index contributed by atoms with van der Waals surface area (Å²) in [6, 6.07) is 1.95. The van der Waals surface area contributed by atoms with E-state index in [1.54, 1.807) is 0 Å². The van der Waals surface area contributed by atoms with E-state index >= 15 is 0 Å². The van der Waals surface area contributed by atoms with Crippen LogP contribution < -0.4 is 5.32 Å². The fourth-order valence-electron chi connectivity index (χ4n) is 1.71. The molecule has 0 radical (unpaired) electrons. The van der Waals surface area contributed by atoms with Gasteiger partial charge in [0.05, 0.1) is 12.0 Å². The molecule has 96 valence electrons. The van der Waals surface area contributed by atoms with Crippen molar-refractivity contribution in [2.24, 2.45) is 0 Å². The van der Waals surface area contributed by atoms with Gasteiger partial charge in [-0.1, -0.05) is 6.92 Å². The quantitative estimate of drug-likeness (QED) is 0.879. The smallest absolute Gasteiger partial charge is 0.130 e. The third-order valence-electron chi connectivity index (χ3n) is 2.65. The highest BCUT2D eigenvalue weighted by atomic mass is 15.1. The highest BCUT2D eigenvalue weighted by Gasteiger charge is 2.06. The summed E-state index contributed by atoms with van der Waals surface area (Å²) < 4.78 is 2.03. The molecule has 2 aromatic heterocycles. The first kappa shape index (κ1) is 12.5. The largest absolute Gasteiger partial charge is 0.370 e. The monoisotopic (exact) mass is 245 g/mol. The molecular weight excluding hydrogens is 226 g/mol. The minimum absolute atomic E-state index is 0.761. The molecule has 0 saturated carbocycles. The molecule has 0 spiro atoms. The first-order valence-electron chi connectivity index (χ1n) is 6.34. The lowest BCUT2D eigenvalue weighted by Gasteiger charge is -2.06. The highest BCUT2D eigenvalue weighted by molar-refractivity contribution is 5.57. The van der Waals surface area contributed by atoms with Crippen LogP contribution in [0.1, 0.15) is 26.1 Å². The third kappa shape index (κ3) is 2.85. The maximum absolute atomic E-state index is 4.43. The van der Waals surface area contributed by atoms with Crippen molar-refractivity contribution in [3.63, 3.8) is 0 Å². The van der Waals surface area contributed by atoms with Crippen molar-refractivity contribution >= 4 is 5.82 Å². The Hall–Kier alpha value is -1.91. The molecule has 5 heteroatoms. The van der Waals surface area contributed by atoms with Crippen molar-refractivity contribution in [3.8, 4) is 11.4 Å². The summed E-state index contributed by atoms with van der Waals surface area (Å²) in [6.45, 7) is 7.95. The molecule has 0 aliphatic carbocycles. The van der Waals surface area contributed by atoms with E-state index in [1.807, 2.05) is 30.1 Å². The number of anilines is 1. The fraction of sp³-hybridized carbons (Fsp3) is 0.462. The Morgan fingerprint density at radius 3 is 2.72 bits per heavy atom. The number of nitrogens with one attached hydrogen (secondary N) is 1. The van der Waals surface area contributed by atoms with Crippen LogP contribution in [0.2, 0.25) is 0 Å². The van der Waals surface area contributed by atoms with Gasteiger partial charge >= 0.3 is 0 Å². The second-order valence-corrected chi connectivity index (χ2v) is 4.20. The molecule has 1 N–H and O–H groups in total. The molecular formula is C13H19N5. The van der Waals surface area contributed by atoms with Gasteiger partial charge in [0.15, 0.2) is 0 Å². The highest BCUT2D eigenvalue weighted by Crippen LogP contribution is 2.17. The average molecular weight is 245 g/mol. The van der Waals surface area contributed by atoms with E-state index in [1.165, 1.54) is 0 Å². The van der Waals surface area contributed by atoms with Crippen LogP contribution >= 0.6 is 0 Å². The van der Waals surface area contributed by atoms with Crippen molar-refractivity contribution in [1.29, 1.82) is 0 Å². The molecule has 0 bridgehead atoms. The molecule has 5 nitrogen and oxygen atoms in total. The number of aromatic nitrogens is 4. The summed E-state index contributed by atoms with van der Waals surface area (Å²) in [5, 5.41) is 3.28. The molecule has 0 fully saturated rings. The standard InChI is InChI=1S/C13H19N5/c1-4-6-14-13-7-11(16-10(3)17-13)12-8-18(5-2)9-15-12/h7-9H,4-6H2,1-3H3,(H,14,16,17). The molecule has 0 aliphatic heterocycles. The molecule has 0 saturated heterocycles. The van der Waals surface area contributed by atoms with Gasteiger partial charge in [0.1, 0.15) is 17.3 Å². The third-order valence-corrected chi connectivity index (χ3v) is 2.65. The minimum atomic E-state index is 0.761. The summed E-state index contributed by atoms with van der Waals surface area (Å²) in [7, 11) is 0. The zero-order valence-corrected chi connectivity index (χ0v) is 11.1. The van der Waals surface area contributed by atoms with Crippen molar-refractivity contribution < 1.29 is 0 Å². The Balaban J connectivity index is 2.29. The first-order chi connectivity index (χ1) is 8.72. The van der Waals surface area contributed by atoms with Crippen LogP contribution in [0.25, 0.3) is 11.4 Å². The summed E-state index contributed by atoms with van der Waals surface area (Å²) in [6.07, 6.45) is 4.90. The zero-order chi connectivity index (χ0) is 13.0. The molecule has 0 amide bonds. The van der Waals surface area contributed by atoms with Crippen LogP contribution in [-0.2, 0) is 6.54 Å². The van der Waals surface area contributed by atoms with Gasteiger partial charge in [-0.15, -0.1) is 0 Å². The number of nitrogens with zero attached hydrogens (tertiary/aromatic N) is 4. The van der Waals surface area contributed by atoms with Gasteiger partial charge < -0.3 is 9.88 Å². The lowest BCUT2D eigenvalue weighted by molar-refractivity contribution is 0.761. The molecule has 2 rings (SSSR count). The average Bonchev–Trinajstić information content (AvgIpc) is 2.84. The Kier molecular flexibility index (Phi) is 3.92. The second kappa shape index (κ2) is 5.62. The predicted molar refractivity (Wildman–Crippen MR) is 72.4 cm³/mol. The van der Waals surface area contributed by atoms with E-state index in [2.05, 4.69) is 34.1 Å². The van der Waals surface area contributed by atoms with E-state index in [4.69, 9.17) is 0 Å². The van der Waals surface area contributed by atoms with E-state index in [0.717, 1.165) is 42.5 Å². The fourth-order valence-corrected chi connectivity index (χ4v) is 1.71. The lowest BCUT2D eigenvalue weighted by atomic mass is 10.3. The Bertz CT molecular complexity index is 518. The van der Waals surface area contributed by atoms with Crippen molar-refractivity contribution in [1.82, 2.24) is 19.5 Å². The van der Waals surface area contributed by atoms with E-state index in [9.17, 15) is 0 Å². The molecule has 0 aromatic carbocycles. The van der Waals surface area contributed by atoms with Crippen LogP contribution in [0.4, 0.5) is 5.82 Å². The maximum atomic E-state index is 4.43. The zero-order valence-electron chi connectivity index (χ0n) is 11.1. The second-order valence-electron chi connectivity index (χ2n) is 4.20. The van der Waals surface area contributed by atoms with Crippen LogP contribution in [0, 0.1) is 6.92 Å². The number of aryl methyl sites for hydroxylation is 2. The van der Waals surface area contributed by atoms with Gasteiger partial charge in [0.2, 0.25) is 0 Å². The van der Waals surface area contributed by atoms with Crippen molar-refractivity contribution in [3.05, 3.63) is 24.4 Å². The van der Waals surface area contributed by atoms with Gasteiger partial charge in [0, 0.05) is 25.4 Å². The number of rotatable bonds is 5. The topological polar surface area (TPSA) is 55.6 Å². The molecule has 2 aromatic rings. The summed E-state index contributed by atoms with van der Waals surface area (Å²) in [4.78, 5) is 13.2. The molecule has 18 heavy (non-hydrogen) atoms. The SMILES string of the molecule is CCCNc1cc(-c2cn(CC)cn2)nc(C)n1. The van der Waals surface area contributed by atoms with Crippen LogP contribution in [0.15, 0.2) is 18.6 Å². The number of hydrogen-bond donors (Lipinski definition) is 1. The van der Waals surface area contributed by atoms with Crippen molar-refractivity contribution in [2.75, 3.05) is 11.9 Å². The lowest BCUT2D eigenvalue weighted by Crippen LogP contribution is -2.04. The van der Waals surface area contributed by atoms with Crippen LogP contribution in [0.5, 0.6) is 0 Å². The van der Waals surface area contributed by atoms with Crippen molar-refractivity contribution in [2.45, 2.75) is 33.7 Å². The summed E-state index contributed by atoms with van der Waals surface area (Å²) in [5.74, 6) is 1.63. The number of imidazole rings is 1. The molecule has 0 unspecified atom stereocenters. The predicted octanol–water partition coefficient (Wildman–Crippen LogP) is 2.49. The van der Waals surface area contributed by atoms with Gasteiger partial charge in [-0.25, -0.2) is 15.0 Å². The Morgan fingerprint density at radius 1 is 1.22 bits per heavy atom. The molecule has 2 heterocycles. The Labute approximate surface area is 107 Å². The van der Waals surface area contributed by atoms with Gasteiger partial charge in [-0.2, -0.15) is 0 Å². The van der Waals surface area contributed by atoms with E-state index < -0.39 is 0 Å². The van der Waals surface area contributed by atoms with Crippen LogP contribution in [0.3, 0.4) is 0 Å².